The van der Waals surface area contributed by atoms with E-state index in [4.69, 9.17) is 4.74 Å². The first kappa shape index (κ1) is 16.9. The molecule has 1 saturated heterocycles. The van der Waals surface area contributed by atoms with Crippen LogP contribution in [-0.4, -0.2) is 56.9 Å². The minimum Gasteiger partial charge on any atom is -0.378 e. The summed E-state index contributed by atoms with van der Waals surface area (Å²) in [5.41, 5.74) is 0. The zero-order valence-electron chi connectivity index (χ0n) is 12.4. The maximum absolute atomic E-state index is 12.1. The number of hydrogen-bond acceptors (Lipinski definition) is 4. The van der Waals surface area contributed by atoms with Gasteiger partial charge in [0.25, 0.3) is 0 Å². The van der Waals surface area contributed by atoms with Crippen LogP contribution in [0.5, 0.6) is 0 Å². The van der Waals surface area contributed by atoms with Gasteiger partial charge in [-0.2, -0.15) is 0 Å². The van der Waals surface area contributed by atoms with Crippen LogP contribution in [0.2, 0.25) is 0 Å². The SMILES string of the molecule is CCCNC1CCN(S(=O)(=O)CCOC(C)C)CC1. The van der Waals surface area contributed by atoms with Crippen LogP contribution in [0.3, 0.4) is 0 Å². The molecule has 19 heavy (non-hydrogen) atoms. The summed E-state index contributed by atoms with van der Waals surface area (Å²) in [4.78, 5) is 0. The molecule has 0 atom stereocenters. The smallest absolute Gasteiger partial charge is 0.216 e. The van der Waals surface area contributed by atoms with Gasteiger partial charge in [0.2, 0.25) is 10.0 Å². The molecule has 0 radical (unpaired) electrons. The lowest BCUT2D eigenvalue weighted by molar-refractivity contribution is 0.0905. The molecule has 0 aromatic carbocycles. The molecule has 1 N–H and O–H groups in total. The molecule has 0 aromatic heterocycles. The van der Waals surface area contributed by atoms with E-state index in [0.717, 1.165) is 25.8 Å². The van der Waals surface area contributed by atoms with Crippen molar-refractivity contribution in [2.75, 3.05) is 32.0 Å². The van der Waals surface area contributed by atoms with Crippen LogP contribution in [-0.2, 0) is 14.8 Å². The van der Waals surface area contributed by atoms with E-state index in [1.54, 1.807) is 4.31 Å². The maximum Gasteiger partial charge on any atom is 0.216 e. The largest absolute Gasteiger partial charge is 0.378 e. The summed E-state index contributed by atoms with van der Waals surface area (Å²) in [5, 5.41) is 3.46. The van der Waals surface area contributed by atoms with Gasteiger partial charge in [0.15, 0.2) is 0 Å². The molecular formula is C13H28N2O3S. The van der Waals surface area contributed by atoms with Crippen LogP contribution in [0.15, 0.2) is 0 Å². The summed E-state index contributed by atoms with van der Waals surface area (Å²) in [5.74, 6) is 0.0955. The Hall–Kier alpha value is -0.170. The van der Waals surface area contributed by atoms with Gasteiger partial charge in [0.1, 0.15) is 0 Å². The topological polar surface area (TPSA) is 58.6 Å². The Morgan fingerprint density at radius 3 is 2.47 bits per heavy atom. The predicted octanol–water partition coefficient (Wildman–Crippen LogP) is 1.21. The van der Waals surface area contributed by atoms with Crippen LogP contribution in [0.4, 0.5) is 0 Å². The molecule has 5 nitrogen and oxygen atoms in total. The summed E-state index contributed by atoms with van der Waals surface area (Å²) >= 11 is 0. The van der Waals surface area contributed by atoms with Crippen molar-refractivity contribution in [1.82, 2.24) is 9.62 Å². The number of hydrogen-bond donors (Lipinski definition) is 1. The van der Waals surface area contributed by atoms with E-state index in [-0.39, 0.29) is 18.5 Å². The Bertz CT molecular complexity index is 336. The average molecular weight is 292 g/mol. The standard InChI is InChI=1S/C13H28N2O3S/c1-4-7-14-13-5-8-15(9-6-13)19(16,17)11-10-18-12(2)3/h12-14H,4-11H2,1-3H3. The second kappa shape index (κ2) is 8.19. The normalized spacial score (nSPS) is 19.2. The molecular weight excluding hydrogens is 264 g/mol. The number of rotatable bonds is 8. The second-order valence-electron chi connectivity index (χ2n) is 5.36. The summed E-state index contributed by atoms with van der Waals surface area (Å²) in [7, 11) is -3.14. The van der Waals surface area contributed by atoms with Crippen molar-refractivity contribution in [2.45, 2.75) is 52.2 Å². The fourth-order valence-corrected chi connectivity index (χ4v) is 3.54. The lowest BCUT2D eigenvalue weighted by Crippen LogP contribution is -2.46. The third-order valence-electron chi connectivity index (χ3n) is 3.32. The van der Waals surface area contributed by atoms with E-state index in [0.29, 0.717) is 19.1 Å². The molecule has 114 valence electrons. The first-order valence-corrected chi connectivity index (χ1v) is 8.89. The molecule has 0 bridgehead atoms. The summed E-state index contributed by atoms with van der Waals surface area (Å²) in [6.45, 7) is 8.53. The predicted molar refractivity (Wildman–Crippen MR) is 77.8 cm³/mol. The van der Waals surface area contributed by atoms with Crippen molar-refractivity contribution in [3.05, 3.63) is 0 Å². The van der Waals surface area contributed by atoms with E-state index in [9.17, 15) is 8.42 Å². The van der Waals surface area contributed by atoms with Crippen LogP contribution >= 0.6 is 0 Å². The van der Waals surface area contributed by atoms with Gasteiger partial charge < -0.3 is 10.1 Å². The Kier molecular flexibility index (Phi) is 7.28. The molecule has 0 aromatic rings. The number of ether oxygens (including phenoxy) is 1. The molecule has 1 fully saturated rings. The number of nitrogens with one attached hydrogen (secondary N) is 1. The summed E-state index contributed by atoms with van der Waals surface area (Å²) in [6, 6.07) is 0.471. The lowest BCUT2D eigenvalue weighted by atomic mass is 10.1. The van der Waals surface area contributed by atoms with E-state index in [1.807, 2.05) is 13.8 Å². The van der Waals surface area contributed by atoms with Crippen molar-refractivity contribution in [1.29, 1.82) is 0 Å². The highest BCUT2D eigenvalue weighted by atomic mass is 32.2. The van der Waals surface area contributed by atoms with Crippen molar-refractivity contribution in [2.24, 2.45) is 0 Å². The van der Waals surface area contributed by atoms with Gasteiger partial charge in [-0.25, -0.2) is 12.7 Å². The molecule has 1 rings (SSSR count). The fraction of sp³-hybridized carbons (Fsp3) is 1.00. The molecule has 0 amide bonds. The van der Waals surface area contributed by atoms with E-state index < -0.39 is 10.0 Å². The van der Waals surface area contributed by atoms with Crippen molar-refractivity contribution < 1.29 is 13.2 Å². The highest BCUT2D eigenvalue weighted by molar-refractivity contribution is 7.89. The highest BCUT2D eigenvalue weighted by Gasteiger charge is 2.27. The number of nitrogens with zero attached hydrogens (tertiary/aromatic N) is 1. The molecule has 6 heteroatoms. The van der Waals surface area contributed by atoms with Gasteiger partial charge in [0, 0.05) is 19.1 Å². The average Bonchev–Trinajstić information content (AvgIpc) is 2.36. The van der Waals surface area contributed by atoms with Gasteiger partial charge in [-0.3, -0.25) is 0 Å². The Balaban J connectivity index is 2.32. The Morgan fingerprint density at radius 1 is 1.32 bits per heavy atom. The quantitative estimate of drug-likeness (QED) is 0.730. The zero-order chi connectivity index (χ0) is 14.3. The first-order valence-electron chi connectivity index (χ1n) is 7.28. The minimum absolute atomic E-state index is 0.0826. The molecule has 0 aliphatic carbocycles. The van der Waals surface area contributed by atoms with E-state index in [2.05, 4.69) is 12.2 Å². The fourth-order valence-electron chi connectivity index (χ4n) is 2.20. The molecule has 1 heterocycles. The lowest BCUT2D eigenvalue weighted by Gasteiger charge is -2.31. The first-order chi connectivity index (χ1) is 8.95. The third kappa shape index (κ3) is 6.21. The molecule has 1 aliphatic rings. The Morgan fingerprint density at radius 2 is 1.95 bits per heavy atom. The van der Waals surface area contributed by atoms with E-state index in [1.165, 1.54) is 0 Å². The molecule has 0 unspecified atom stereocenters. The maximum atomic E-state index is 12.1. The summed E-state index contributed by atoms with van der Waals surface area (Å²) < 4.78 is 31.2. The van der Waals surface area contributed by atoms with Gasteiger partial charge in [0.05, 0.1) is 18.5 Å². The second-order valence-corrected chi connectivity index (χ2v) is 7.45. The summed E-state index contributed by atoms with van der Waals surface area (Å²) in [6.07, 6.45) is 3.01. The van der Waals surface area contributed by atoms with Gasteiger partial charge >= 0.3 is 0 Å². The number of sulfonamides is 1. The van der Waals surface area contributed by atoms with Crippen LogP contribution in [0.25, 0.3) is 0 Å². The monoisotopic (exact) mass is 292 g/mol. The van der Waals surface area contributed by atoms with Gasteiger partial charge in [-0.15, -0.1) is 0 Å². The molecule has 0 saturated carbocycles. The zero-order valence-corrected chi connectivity index (χ0v) is 13.2. The number of piperidine rings is 1. The minimum atomic E-state index is -3.14. The van der Waals surface area contributed by atoms with Crippen molar-refractivity contribution in [3.63, 3.8) is 0 Å². The van der Waals surface area contributed by atoms with Crippen LogP contribution in [0.1, 0.15) is 40.0 Å². The Labute approximate surface area is 117 Å². The van der Waals surface area contributed by atoms with Crippen molar-refractivity contribution >= 4 is 10.0 Å². The van der Waals surface area contributed by atoms with Crippen molar-refractivity contribution in [3.8, 4) is 0 Å². The van der Waals surface area contributed by atoms with Gasteiger partial charge in [-0.1, -0.05) is 6.92 Å². The molecule has 0 spiro atoms. The molecule has 1 aliphatic heterocycles. The van der Waals surface area contributed by atoms with E-state index >= 15 is 0 Å². The van der Waals surface area contributed by atoms with Crippen LogP contribution in [0, 0.1) is 0 Å². The highest BCUT2D eigenvalue weighted by Crippen LogP contribution is 2.14. The van der Waals surface area contributed by atoms with Crippen LogP contribution < -0.4 is 5.32 Å². The third-order valence-corrected chi connectivity index (χ3v) is 5.16. The van der Waals surface area contributed by atoms with Gasteiger partial charge in [-0.05, 0) is 39.7 Å².